The lowest BCUT2D eigenvalue weighted by Crippen LogP contribution is -2.38. The van der Waals surface area contributed by atoms with Gasteiger partial charge in [0, 0.05) is 16.4 Å². The van der Waals surface area contributed by atoms with Crippen LogP contribution >= 0.6 is 27.5 Å². The van der Waals surface area contributed by atoms with Crippen LogP contribution in [0.1, 0.15) is 29.6 Å². The lowest BCUT2D eigenvalue weighted by molar-refractivity contribution is 0.0926. The third kappa shape index (κ3) is 3.04. The van der Waals surface area contributed by atoms with Crippen LogP contribution in [0.4, 0.5) is 4.39 Å². The molecule has 98 valence electrons. The first kappa shape index (κ1) is 13.8. The number of hydrogen-bond acceptors (Lipinski definition) is 1. The number of benzene rings is 1. The number of rotatable bonds is 3. The Morgan fingerprint density at radius 3 is 3.00 bits per heavy atom. The summed E-state index contributed by atoms with van der Waals surface area (Å²) in [6, 6.07) is 4.42. The van der Waals surface area contributed by atoms with Gasteiger partial charge in [0.25, 0.3) is 5.91 Å². The van der Waals surface area contributed by atoms with Crippen LogP contribution < -0.4 is 5.32 Å². The van der Waals surface area contributed by atoms with Crippen LogP contribution in [0.3, 0.4) is 0 Å². The highest BCUT2D eigenvalue weighted by Crippen LogP contribution is 2.27. The maximum absolute atomic E-state index is 13.6. The van der Waals surface area contributed by atoms with E-state index in [-0.39, 0.29) is 17.5 Å². The maximum Gasteiger partial charge on any atom is 0.254 e. The Hall–Kier alpha value is -0.610. The second kappa shape index (κ2) is 6.02. The number of nitrogens with one attached hydrogen (secondary N) is 1. The second-order valence-corrected chi connectivity index (χ2v) is 5.77. The van der Waals surface area contributed by atoms with Gasteiger partial charge in [0.1, 0.15) is 5.82 Å². The van der Waals surface area contributed by atoms with Crippen molar-refractivity contribution in [3.8, 4) is 0 Å². The zero-order chi connectivity index (χ0) is 13.1. The Balaban J connectivity index is 2.09. The molecule has 2 rings (SSSR count). The molecule has 2 nitrogen and oxygen atoms in total. The maximum atomic E-state index is 13.6. The molecule has 1 aliphatic carbocycles. The van der Waals surface area contributed by atoms with Gasteiger partial charge in [0.05, 0.1) is 5.56 Å². The largest absolute Gasteiger partial charge is 0.349 e. The molecule has 1 N–H and O–H groups in total. The summed E-state index contributed by atoms with van der Waals surface area (Å²) in [5.41, 5.74) is 0.0737. The van der Waals surface area contributed by atoms with E-state index in [0.29, 0.717) is 16.3 Å². The highest BCUT2D eigenvalue weighted by Gasteiger charge is 2.28. The minimum absolute atomic E-state index is 0.0633. The minimum atomic E-state index is -0.504. The average molecular weight is 335 g/mol. The van der Waals surface area contributed by atoms with Crippen molar-refractivity contribution in [1.82, 2.24) is 5.32 Å². The van der Waals surface area contributed by atoms with Crippen LogP contribution in [0.5, 0.6) is 0 Å². The molecule has 1 aromatic carbocycles. The van der Waals surface area contributed by atoms with Crippen molar-refractivity contribution >= 4 is 33.4 Å². The van der Waals surface area contributed by atoms with Gasteiger partial charge in [0.2, 0.25) is 0 Å². The molecule has 2 atom stereocenters. The van der Waals surface area contributed by atoms with Crippen molar-refractivity contribution in [3.63, 3.8) is 0 Å². The Labute approximate surface area is 119 Å². The van der Waals surface area contributed by atoms with Gasteiger partial charge >= 0.3 is 0 Å². The zero-order valence-corrected chi connectivity index (χ0v) is 12.1. The SMILES string of the molecule is O=C(NC1CCCC1CCl)c1cc(Br)ccc1F. The van der Waals surface area contributed by atoms with E-state index in [1.807, 2.05) is 0 Å². The molecule has 0 radical (unpaired) electrons. The summed E-state index contributed by atoms with van der Waals surface area (Å²) in [4.78, 5) is 12.0. The van der Waals surface area contributed by atoms with E-state index in [9.17, 15) is 9.18 Å². The van der Waals surface area contributed by atoms with Gasteiger partial charge in [-0.25, -0.2) is 4.39 Å². The topological polar surface area (TPSA) is 29.1 Å². The molecular weight excluding hydrogens is 321 g/mol. The van der Waals surface area contributed by atoms with Crippen LogP contribution in [-0.2, 0) is 0 Å². The van der Waals surface area contributed by atoms with Gasteiger partial charge in [-0.1, -0.05) is 22.4 Å². The Morgan fingerprint density at radius 2 is 2.28 bits per heavy atom. The van der Waals surface area contributed by atoms with Crippen molar-refractivity contribution in [1.29, 1.82) is 0 Å². The predicted molar refractivity (Wildman–Crippen MR) is 73.4 cm³/mol. The quantitative estimate of drug-likeness (QED) is 0.839. The van der Waals surface area contributed by atoms with Gasteiger partial charge < -0.3 is 5.32 Å². The summed E-state index contributed by atoms with van der Waals surface area (Å²) < 4.78 is 14.3. The van der Waals surface area contributed by atoms with Crippen molar-refractivity contribution in [2.75, 3.05) is 5.88 Å². The van der Waals surface area contributed by atoms with E-state index < -0.39 is 5.82 Å². The molecule has 5 heteroatoms. The summed E-state index contributed by atoms with van der Waals surface area (Å²) in [5, 5.41) is 2.88. The molecule has 1 saturated carbocycles. The van der Waals surface area contributed by atoms with Crippen molar-refractivity contribution in [3.05, 3.63) is 34.1 Å². The first-order chi connectivity index (χ1) is 8.61. The minimum Gasteiger partial charge on any atom is -0.349 e. The molecule has 1 aromatic rings. The van der Waals surface area contributed by atoms with Gasteiger partial charge in [-0.15, -0.1) is 11.6 Å². The Bertz CT molecular complexity index is 455. The molecule has 0 bridgehead atoms. The van der Waals surface area contributed by atoms with Gasteiger partial charge in [-0.3, -0.25) is 4.79 Å². The summed E-state index contributed by atoms with van der Waals surface area (Å²) in [6.07, 6.45) is 3.00. The van der Waals surface area contributed by atoms with Crippen molar-refractivity contribution in [2.45, 2.75) is 25.3 Å². The first-order valence-electron chi connectivity index (χ1n) is 5.93. The molecule has 0 saturated heterocycles. The van der Waals surface area contributed by atoms with Crippen LogP contribution in [-0.4, -0.2) is 17.8 Å². The molecule has 1 amide bonds. The Morgan fingerprint density at radius 1 is 1.50 bits per heavy atom. The summed E-state index contributed by atoms with van der Waals surface area (Å²) in [6.45, 7) is 0. The monoisotopic (exact) mass is 333 g/mol. The number of hydrogen-bond donors (Lipinski definition) is 1. The van der Waals surface area contributed by atoms with E-state index >= 15 is 0 Å². The van der Waals surface area contributed by atoms with E-state index in [2.05, 4.69) is 21.2 Å². The highest BCUT2D eigenvalue weighted by molar-refractivity contribution is 9.10. The molecule has 0 heterocycles. The molecule has 0 aromatic heterocycles. The summed E-state index contributed by atoms with van der Waals surface area (Å²) in [5.74, 6) is -0.0379. The number of amides is 1. The van der Waals surface area contributed by atoms with Crippen LogP contribution in [0.15, 0.2) is 22.7 Å². The van der Waals surface area contributed by atoms with Crippen LogP contribution in [0.2, 0.25) is 0 Å². The predicted octanol–water partition coefficient (Wildman–Crippen LogP) is 3.73. The summed E-state index contributed by atoms with van der Waals surface area (Å²) in [7, 11) is 0. The lowest BCUT2D eigenvalue weighted by Gasteiger charge is -2.19. The molecule has 18 heavy (non-hydrogen) atoms. The molecule has 1 aliphatic rings. The van der Waals surface area contributed by atoms with E-state index in [1.54, 1.807) is 6.07 Å². The number of alkyl halides is 1. The zero-order valence-electron chi connectivity index (χ0n) is 9.76. The van der Waals surface area contributed by atoms with Crippen molar-refractivity contribution in [2.24, 2.45) is 5.92 Å². The van der Waals surface area contributed by atoms with Gasteiger partial charge in [-0.05, 0) is 37.0 Å². The normalized spacial score (nSPS) is 23.1. The average Bonchev–Trinajstić information content (AvgIpc) is 2.79. The number of carbonyl (C=O) groups is 1. The summed E-state index contributed by atoms with van der Waals surface area (Å²) >= 11 is 9.09. The van der Waals surface area contributed by atoms with Crippen LogP contribution in [0, 0.1) is 11.7 Å². The molecule has 0 spiro atoms. The lowest BCUT2D eigenvalue weighted by atomic mass is 10.1. The number of carbonyl (C=O) groups excluding carboxylic acids is 1. The first-order valence-corrected chi connectivity index (χ1v) is 7.26. The van der Waals surface area contributed by atoms with Crippen LogP contribution in [0.25, 0.3) is 0 Å². The third-order valence-corrected chi connectivity index (χ3v) is 4.24. The molecule has 0 aliphatic heterocycles. The second-order valence-electron chi connectivity index (χ2n) is 4.55. The fourth-order valence-corrected chi connectivity index (χ4v) is 3.06. The van der Waals surface area contributed by atoms with E-state index in [1.165, 1.54) is 12.1 Å². The van der Waals surface area contributed by atoms with Crippen molar-refractivity contribution < 1.29 is 9.18 Å². The standard InChI is InChI=1S/C13H14BrClFNO/c14-9-4-5-11(16)10(6-9)13(18)17-12-3-1-2-8(12)7-15/h4-6,8,12H,1-3,7H2,(H,17,18). The third-order valence-electron chi connectivity index (χ3n) is 3.35. The fourth-order valence-electron chi connectivity index (χ4n) is 2.33. The highest BCUT2D eigenvalue weighted by atomic mass is 79.9. The molecule has 1 fully saturated rings. The smallest absolute Gasteiger partial charge is 0.254 e. The molecular formula is C13H14BrClFNO. The van der Waals surface area contributed by atoms with E-state index in [0.717, 1.165) is 19.3 Å². The van der Waals surface area contributed by atoms with E-state index in [4.69, 9.17) is 11.6 Å². The van der Waals surface area contributed by atoms with Gasteiger partial charge in [-0.2, -0.15) is 0 Å². The molecule has 2 unspecified atom stereocenters. The fraction of sp³-hybridized carbons (Fsp3) is 0.462. The van der Waals surface area contributed by atoms with Gasteiger partial charge in [0.15, 0.2) is 0 Å². The number of halogens is 3. The Kier molecular flexibility index (Phi) is 4.62.